The van der Waals surface area contributed by atoms with Gasteiger partial charge in [0.2, 0.25) is 5.91 Å². The number of hydrazine groups is 1. The van der Waals surface area contributed by atoms with Crippen molar-refractivity contribution in [2.45, 2.75) is 12.8 Å². The van der Waals surface area contributed by atoms with E-state index in [-0.39, 0.29) is 18.6 Å². The fourth-order valence-corrected chi connectivity index (χ4v) is 2.89. The topological polar surface area (TPSA) is 137 Å². The third-order valence-electron chi connectivity index (χ3n) is 4.50. The molecule has 2 amide bonds. The van der Waals surface area contributed by atoms with Gasteiger partial charge in [0.15, 0.2) is 17.3 Å². The smallest absolute Gasteiger partial charge is 0.269 e. The quantitative estimate of drug-likeness (QED) is 0.441. The maximum absolute atomic E-state index is 12.3. The van der Waals surface area contributed by atoms with Gasteiger partial charge < -0.3 is 9.47 Å². The SMILES string of the molecule is O=C(CCC(=O)c1ccc2c(c1)OCCO2)NNC(=O)c1ccc(-n2cnnn2)cc1. The number of amides is 2. The molecule has 1 aliphatic heterocycles. The van der Waals surface area contributed by atoms with Gasteiger partial charge in [0.05, 0.1) is 5.69 Å². The fraction of sp³-hybridized carbons (Fsp3) is 0.200. The molecule has 2 N–H and O–H groups in total. The Balaban J connectivity index is 1.24. The van der Waals surface area contributed by atoms with Gasteiger partial charge in [-0.05, 0) is 52.9 Å². The summed E-state index contributed by atoms with van der Waals surface area (Å²) < 4.78 is 12.3. The molecule has 158 valence electrons. The number of ether oxygens (including phenoxy) is 2. The Hall–Kier alpha value is -4.28. The number of ketones is 1. The monoisotopic (exact) mass is 422 g/mol. The molecule has 4 rings (SSSR count). The molecule has 11 heteroatoms. The van der Waals surface area contributed by atoms with E-state index in [2.05, 4.69) is 26.4 Å². The Labute approximate surface area is 176 Å². The van der Waals surface area contributed by atoms with E-state index in [0.717, 1.165) is 0 Å². The molecule has 0 spiro atoms. The molecule has 0 saturated carbocycles. The highest BCUT2D eigenvalue weighted by Gasteiger charge is 2.16. The predicted octanol–water partition coefficient (Wildman–Crippen LogP) is 0.858. The van der Waals surface area contributed by atoms with Crippen molar-refractivity contribution in [1.82, 2.24) is 31.1 Å². The highest BCUT2D eigenvalue weighted by molar-refractivity contribution is 5.99. The van der Waals surface area contributed by atoms with Crippen molar-refractivity contribution < 1.29 is 23.9 Å². The summed E-state index contributed by atoms with van der Waals surface area (Å²) in [5.74, 6) is -0.0786. The highest BCUT2D eigenvalue weighted by Crippen LogP contribution is 2.31. The van der Waals surface area contributed by atoms with Crippen molar-refractivity contribution in [3.8, 4) is 17.2 Å². The lowest BCUT2D eigenvalue weighted by Crippen LogP contribution is -2.41. The second kappa shape index (κ2) is 9.03. The minimum absolute atomic E-state index is 0.0119. The summed E-state index contributed by atoms with van der Waals surface area (Å²) >= 11 is 0. The molecule has 0 aliphatic carbocycles. The third-order valence-corrected chi connectivity index (χ3v) is 4.50. The first-order chi connectivity index (χ1) is 15.1. The summed E-state index contributed by atoms with van der Waals surface area (Å²) in [6.45, 7) is 0.892. The fourth-order valence-electron chi connectivity index (χ4n) is 2.89. The molecule has 2 aromatic carbocycles. The van der Waals surface area contributed by atoms with E-state index in [4.69, 9.17) is 9.47 Å². The molecule has 11 nitrogen and oxygen atoms in total. The number of aromatic nitrogens is 4. The van der Waals surface area contributed by atoms with Crippen LogP contribution >= 0.6 is 0 Å². The van der Waals surface area contributed by atoms with Gasteiger partial charge >= 0.3 is 0 Å². The van der Waals surface area contributed by atoms with Crippen LogP contribution in [0.25, 0.3) is 5.69 Å². The van der Waals surface area contributed by atoms with Crippen molar-refractivity contribution in [2.75, 3.05) is 13.2 Å². The molecule has 0 bridgehead atoms. The van der Waals surface area contributed by atoms with Crippen LogP contribution in [0.2, 0.25) is 0 Å². The van der Waals surface area contributed by atoms with E-state index in [1.54, 1.807) is 42.5 Å². The number of nitrogens with one attached hydrogen (secondary N) is 2. The predicted molar refractivity (Wildman–Crippen MR) is 106 cm³/mol. The van der Waals surface area contributed by atoms with Gasteiger partial charge in [-0.1, -0.05) is 0 Å². The first-order valence-corrected chi connectivity index (χ1v) is 9.45. The zero-order chi connectivity index (χ0) is 21.6. The van der Waals surface area contributed by atoms with Crippen molar-refractivity contribution in [1.29, 1.82) is 0 Å². The third kappa shape index (κ3) is 4.83. The van der Waals surface area contributed by atoms with Crippen molar-refractivity contribution in [2.24, 2.45) is 0 Å². The number of Topliss-reactive ketones (excluding diaryl/α,β-unsaturated/α-hetero) is 1. The summed E-state index contributed by atoms with van der Waals surface area (Å²) in [7, 11) is 0. The van der Waals surface area contributed by atoms with E-state index < -0.39 is 11.8 Å². The summed E-state index contributed by atoms with van der Waals surface area (Å²) in [5, 5.41) is 10.8. The van der Waals surface area contributed by atoms with Crippen LogP contribution in [-0.4, -0.2) is 51.0 Å². The summed E-state index contributed by atoms with van der Waals surface area (Å²) in [6, 6.07) is 11.4. The van der Waals surface area contributed by atoms with Gasteiger partial charge in [-0.15, -0.1) is 5.10 Å². The number of hydrogen-bond acceptors (Lipinski definition) is 8. The molecule has 1 aromatic heterocycles. The summed E-state index contributed by atoms with van der Waals surface area (Å²) in [4.78, 5) is 36.5. The maximum Gasteiger partial charge on any atom is 0.269 e. The van der Waals surface area contributed by atoms with Gasteiger partial charge in [-0.25, -0.2) is 4.68 Å². The zero-order valence-corrected chi connectivity index (χ0v) is 16.3. The number of hydrogen-bond donors (Lipinski definition) is 2. The minimum atomic E-state index is -0.491. The number of carbonyl (C=O) groups excluding carboxylic acids is 3. The molecule has 3 aromatic rings. The number of rotatable bonds is 6. The Morgan fingerprint density at radius 2 is 1.65 bits per heavy atom. The number of tetrazole rings is 1. The van der Waals surface area contributed by atoms with Crippen LogP contribution in [-0.2, 0) is 4.79 Å². The van der Waals surface area contributed by atoms with E-state index in [1.807, 2.05) is 0 Å². The van der Waals surface area contributed by atoms with E-state index in [0.29, 0.717) is 41.5 Å². The first-order valence-electron chi connectivity index (χ1n) is 9.45. The van der Waals surface area contributed by atoms with Crippen LogP contribution in [0.5, 0.6) is 11.5 Å². The average Bonchev–Trinajstić information content (AvgIpc) is 3.36. The second-order valence-corrected chi connectivity index (χ2v) is 6.59. The maximum atomic E-state index is 12.3. The molecular formula is C20H18N6O5. The van der Waals surface area contributed by atoms with Crippen LogP contribution < -0.4 is 20.3 Å². The molecule has 2 heterocycles. The van der Waals surface area contributed by atoms with Crippen molar-refractivity contribution >= 4 is 17.6 Å². The van der Waals surface area contributed by atoms with Gasteiger partial charge in [0.25, 0.3) is 5.91 Å². The van der Waals surface area contributed by atoms with Gasteiger partial charge in [-0.2, -0.15) is 0 Å². The van der Waals surface area contributed by atoms with Crippen molar-refractivity contribution in [3.63, 3.8) is 0 Å². The van der Waals surface area contributed by atoms with Crippen LogP contribution in [0.3, 0.4) is 0 Å². The van der Waals surface area contributed by atoms with Gasteiger partial charge in [0.1, 0.15) is 19.5 Å². The van der Waals surface area contributed by atoms with Gasteiger partial charge in [-0.3, -0.25) is 25.2 Å². The Bertz CT molecular complexity index is 1100. The molecule has 31 heavy (non-hydrogen) atoms. The van der Waals surface area contributed by atoms with Crippen LogP contribution in [0.1, 0.15) is 33.6 Å². The van der Waals surface area contributed by atoms with Gasteiger partial charge in [0, 0.05) is 24.0 Å². The molecule has 0 unspecified atom stereocenters. The Kier molecular flexibility index (Phi) is 5.83. The Morgan fingerprint density at radius 3 is 2.39 bits per heavy atom. The second-order valence-electron chi connectivity index (χ2n) is 6.59. The molecule has 0 atom stereocenters. The average molecular weight is 422 g/mol. The standard InChI is InChI=1S/C20H18N6O5/c27-16(14-3-7-17-18(11-14)31-10-9-30-17)6-8-19(28)22-23-20(29)13-1-4-15(5-2-13)26-12-21-24-25-26/h1-5,7,11-12H,6,8-10H2,(H,22,28)(H,23,29). The summed E-state index contributed by atoms with van der Waals surface area (Å²) in [5.41, 5.74) is 6.09. The van der Waals surface area contributed by atoms with Crippen molar-refractivity contribution in [3.05, 3.63) is 59.9 Å². The van der Waals surface area contributed by atoms with Crippen LogP contribution in [0.15, 0.2) is 48.8 Å². The first kappa shape index (κ1) is 20.0. The van der Waals surface area contributed by atoms with Crippen LogP contribution in [0.4, 0.5) is 0 Å². The lowest BCUT2D eigenvalue weighted by atomic mass is 10.1. The number of nitrogens with zero attached hydrogens (tertiary/aromatic N) is 4. The normalized spacial score (nSPS) is 12.1. The van der Waals surface area contributed by atoms with E-state index in [9.17, 15) is 14.4 Å². The largest absolute Gasteiger partial charge is 0.486 e. The minimum Gasteiger partial charge on any atom is -0.486 e. The molecule has 1 aliphatic rings. The number of benzene rings is 2. The van der Waals surface area contributed by atoms with E-state index >= 15 is 0 Å². The van der Waals surface area contributed by atoms with Crippen LogP contribution in [0, 0.1) is 0 Å². The highest BCUT2D eigenvalue weighted by atomic mass is 16.6. The summed E-state index contributed by atoms with van der Waals surface area (Å²) in [6.07, 6.45) is 1.34. The molecule has 0 radical (unpaired) electrons. The Morgan fingerprint density at radius 1 is 0.903 bits per heavy atom. The number of carbonyl (C=O) groups is 3. The molecule has 0 saturated heterocycles. The lowest BCUT2D eigenvalue weighted by molar-refractivity contribution is -0.121. The number of fused-ring (bicyclic) bond motifs is 1. The molecular weight excluding hydrogens is 404 g/mol. The lowest BCUT2D eigenvalue weighted by Gasteiger charge is -2.18. The zero-order valence-electron chi connectivity index (χ0n) is 16.3. The van der Waals surface area contributed by atoms with E-state index in [1.165, 1.54) is 11.0 Å². The molecule has 0 fully saturated rings.